The second-order valence-corrected chi connectivity index (χ2v) is 14.6. The molecular weight excluding hydrogens is 617 g/mol. The number of fused-ring (bicyclic) bond motifs is 1. The maximum absolute atomic E-state index is 13.2. The highest BCUT2D eigenvalue weighted by Crippen LogP contribution is 2.46. The quantitative estimate of drug-likeness (QED) is 0.122. The third kappa shape index (κ3) is 5.64. The second kappa shape index (κ2) is 11.1. The van der Waals surface area contributed by atoms with Crippen LogP contribution in [0.4, 0.5) is 5.13 Å². The number of aliphatic imine (C=N–C) groups is 1. The van der Waals surface area contributed by atoms with Crippen molar-refractivity contribution >= 4 is 86.6 Å². The molecule has 0 aliphatic carbocycles. The minimum atomic E-state index is -1.77. The lowest BCUT2D eigenvalue weighted by Gasteiger charge is -2.50. The molecule has 0 saturated carbocycles. The summed E-state index contributed by atoms with van der Waals surface area (Å²) in [7, 11) is 2.12. The summed E-state index contributed by atoms with van der Waals surface area (Å²) >= 11 is 5.38. The first-order chi connectivity index (χ1) is 19.3. The van der Waals surface area contributed by atoms with Gasteiger partial charge >= 0.3 is 11.9 Å². The van der Waals surface area contributed by atoms with Crippen LogP contribution in [0.1, 0.15) is 19.7 Å². The molecule has 2 atom stereocenters. The van der Waals surface area contributed by atoms with Crippen LogP contribution < -0.4 is 11.1 Å². The van der Waals surface area contributed by atoms with E-state index in [2.05, 4.69) is 31.9 Å². The van der Waals surface area contributed by atoms with Crippen molar-refractivity contribution in [3.63, 3.8) is 0 Å². The molecule has 2 saturated heterocycles. The van der Waals surface area contributed by atoms with E-state index in [0.717, 1.165) is 46.6 Å². The van der Waals surface area contributed by atoms with Crippen LogP contribution in [0.25, 0.3) is 0 Å². The van der Waals surface area contributed by atoms with Gasteiger partial charge in [0.15, 0.2) is 5.13 Å². The molecule has 15 nitrogen and oxygen atoms in total. The number of amides is 2. The molecular formula is C22H27N8O7S4+. The number of nitrogens with two attached hydrogens (primary N) is 1. The number of anilines is 1. The average molecular weight is 644 g/mol. The number of carboxylic acid groups (broad SMARTS) is 2. The van der Waals surface area contributed by atoms with Crippen LogP contribution in [0.5, 0.6) is 0 Å². The third-order valence-electron chi connectivity index (χ3n) is 6.72. The number of hydrogen-bond donors (Lipinski definition) is 4. The van der Waals surface area contributed by atoms with Crippen molar-refractivity contribution in [2.45, 2.75) is 36.1 Å². The molecule has 41 heavy (non-hydrogen) atoms. The van der Waals surface area contributed by atoms with Crippen LogP contribution in [0.2, 0.25) is 0 Å². The Bertz CT molecular complexity index is 1400. The Balaban J connectivity index is 1.29. The van der Waals surface area contributed by atoms with E-state index in [0.29, 0.717) is 10.7 Å². The molecule has 0 spiro atoms. The van der Waals surface area contributed by atoms with E-state index < -0.39 is 46.5 Å². The lowest BCUT2D eigenvalue weighted by atomic mass is 10.0. The molecule has 1 aromatic heterocycles. The topological polar surface area (TPSA) is 210 Å². The summed E-state index contributed by atoms with van der Waals surface area (Å²) in [6.07, 6.45) is 0. The number of aliphatic carboxylic acids is 2. The van der Waals surface area contributed by atoms with Crippen molar-refractivity contribution < 1.29 is 38.7 Å². The molecule has 5 rings (SSSR count). The van der Waals surface area contributed by atoms with Crippen molar-refractivity contribution in [2.24, 2.45) is 10.1 Å². The van der Waals surface area contributed by atoms with E-state index in [4.69, 9.17) is 10.6 Å². The van der Waals surface area contributed by atoms with Crippen LogP contribution in [0.15, 0.2) is 20.8 Å². The number of quaternary nitrogens is 1. The molecule has 220 valence electrons. The van der Waals surface area contributed by atoms with Gasteiger partial charge in [-0.25, -0.2) is 14.6 Å². The summed E-state index contributed by atoms with van der Waals surface area (Å²) in [5.74, 6) is -2.88. The van der Waals surface area contributed by atoms with Crippen LogP contribution in [0, 0.1) is 0 Å². The number of rotatable bonds is 9. The molecule has 0 radical (unpaired) electrons. The van der Waals surface area contributed by atoms with E-state index in [1.54, 1.807) is 11.8 Å². The fourth-order valence-electron chi connectivity index (χ4n) is 4.53. The number of hydrogen-bond acceptors (Lipinski definition) is 14. The fourth-order valence-corrected chi connectivity index (χ4v) is 9.15. The van der Waals surface area contributed by atoms with Crippen LogP contribution in [-0.4, -0.2) is 124 Å². The number of amidine groups is 1. The zero-order chi connectivity index (χ0) is 29.7. The van der Waals surface area contributed by atoms with Crippen LogP contribution >= 0.6 is 46.8 Å². The number of nitrogens with one attached hydrogen (secondary N) is 1. The number of oxime groups is 1. The Morgan fingerprint density at radius 3 is 2.61 bits per heavy atom. The van der Waals surface area contributed by atoms with Gasteiger partial charge in [0.25, 0.3) is 17.0 Å². The van der Waals surface area contributed by atoms with Gasteiger partial charge in [0.05, 0.1) is 13.6 Å². The summed E-state index contributed by atoms with van der Waals surface area (Å²) in [6, 6.07) is -1.05. The first-order valence-corrected chi connectivity index (χ1v) is 16.0. The Labute approximate surface area is 250 Å². The maximum atomic E-state index is 13.2. The highest BCUT2D eigenvalue weighted by molar-refractivity contribution is 8.13. The van der Waals surface area contributed by atoms with Crippen molar-refractivity contribution in [1.82, 2.24) is 19.6 Å². The molecule has 0 aromatic carbocycles. The number of carbonyl (C=O) groups excluding carboxylic acids is 2. The number of carbonyl (C=O) groups is 4. The Morgan fingerprint density at radius 2 is 2.02 bits per heavy atom. The molecule has 0 bridgehead atoms. The first-order valence-electron chi connectivity index (χ1n) is 12.3. The van der Waals surface area contributed by atoms with E-state index in [1.807, 2.05) is 0 Å². The van der Waals surface area contributed by atoms with Gasteiger partial charge in [-0.15, -0.1) is 23.5 Å². The van der Waals surface area contributed by atoms with Crippen molar-refractivity contribution in [2.75, 3.05) is 43.9 Å². The van der Waals surface area contributed by atoms with Crippen molar-refractivity contribution in [1.29, 1.82) is 0 Å². The number of nitrogens with zero attached hydrogens (tertiary/aromatic N) is 6. The maximum Gasteiger partial charge on any atom is 0.353 e. The molecule has 0 unspecified atom stereocenters. The standard InChI is InChI=1S/C22H26N8O7S4/c1-22(2,19(35)36)37-27-11(14-26-20(23)41-28-14)15(31)25-12-16(32)29-13(18(33)34)10(8-39-17(12)29)40-9-6-30(3,7-9)21-24-4-5-38-21/h9,12,17H,4-8H2,1-3H3,(H4-,23,25,26,28,31,33,34,35,36)/p+1/b27-11-/t9?,12-,17-,30?/m1/s1. The van der Waals surface area contributed by atoms with Gasteiger partial charge in [0.1, 0.15) is 35.5 Å². The summed E-state index contributed by atoms with van der Waals surface area (Å²) in [4.78, 5) is 65.5. The van der Waals surface area contributed by atoms with Gasteiger partial charge in [0, 0.05) is 27.9 Å². The largest absolute Gasteiger partial charge is 0.478 e. The van der Waals surface area contributed by atoms with Gasteiger partial charge in [-0.3, -0.25) is 19.0 Å². The molecule has 5 heterocycles. The lowest BCUT2D eigenvalue weighted by Crippen LogP contribution is -2.71. The van der Waals surface area contributed by atoms with Gasteiger partial charge in [-0.05, 0) is 25.6 Å². The predicted octanol–water partition coefficient (Wildman–Crippen LogP) is 0.0651. The number of likely N-dealkylation sites (tertiary alicyclic amines) is 1. The second-order valence-electron chi connectivity index (χ2n) is 10.3. The minimum Gasteiger partial charge on any atom is -0.478 e. The zero-order valence-electron chi connectivity index (χ0n) is 22.1. The Kier molecular flexibility index (Phi) is 8.01. The SMILES string of the molecule is CC(C)(O/N=C(\C(=O)N[C@@H]1C(=O)N2C(C(=O)O)=C(SC3C[N+](C)(C4=NCCS4)C3)CS[C@H]12)c1nsc(N)n1)C(=O)O. The highest BCUT2D eigenvalue weighted by Gasteiger charge is 2.56. The van der Waals surface area contributed by atoms with Gasteiger partial charge < -0.3 is 26.1 Å². The highest BCUT2D eigenvalue weighted by atomic mass is 32.2. The monoisotopic (exact) mass is 643 g/mol. The summed E-state index contributed by atoms with van der Waals surface area (Å²) < 4.78 is 4.68. The molecule has 2 fully saturated rings. The fraction of sp³-hybridized carbons (Fsp3) is 0.545. The molecule has 2 amide bonds. The van der Waals surface area contributed by atoms with Gasteiger partial charge in [-0.2, -0.15) is 9.36 Å². The van der Waals surface area contributed by atoms with Crippen molar-refractivity contribution in [3.8, 4) is 0 Å². The summed E-state index contributed by atoms with van der Waals surface area (Å²) in [6.45, 7) is 4.95. The smallest absolute Gasteiger partial charge is 0.353 e. The van der Waals surface area contributed by atoms with E-state index >= 15 is 0 Å². The zero-order valence-corrected chi connectivity index (χ0v) is 25.4. The third-order valence-corrected chi connectivity index (χ3v) is 11.2. The normalized spacial score (nSPS) is 27.9. The summed E-state index contributed by atoms with van der Waals surface area (Å²) in [5, 5.41) is 26.3. The first kappa shape index (κ1) is 29.6. The van der Waals surface area contributed by atoms with Crippen LogP contribution in [0.3, 0.4) is 0 Å². The molecule has 4 aliphatic rings. The van der Waals surface area contributed by atoms with E-state index in [9.17, 15) is 29.4 Å². The molecule has 5 N–H and O–H groups in total. The molecule has 4 aliphatic heterocycles. The average Bonchev–Trinajstić information content (AvgIpc) is 3.58. The van der Waals surface area contributed by atoms with Crippen molar-refractivity contribution in [3.05, 3.63) is 16.4 Å². The van der Waals surface area contributed by atoms with E-state index in [-0.39, 0.29) is 21.9 Å². The molecule has 19 heteroatoms. The number of nitrogen functional groups attached to an aromatic ring is 1. The number of aromatic nitrogens is 2. The predicted molar refractivity (Wildman–Crippen MR) is 155 cm³/mol. The lowest BCUT2D eigenvalue weighted by molar-refractivity contribution is -0.855. The minimum absolute atomic E-state index is 0.0357. The Morgan fingerprint density at radius 1 is 1.29 bits per heavy atom. The Hall–Kier alpha value is -2.87. The number of thioether (sulfide) groups is 3. The summed E-state index contributed by atoms with van der Waals surface area (Å²) in [5.41, 5.74) is 3.32. The van der Waals surface area contributed by atoms with Crippen LogP contribution in [-0.2, 0) is 24.0 Å². The number of carboxylic acids is 2. The van der Waals surface area contributed by atoms with Gasteiger partial charge in [0.2, 0.25) is 17.1 Å². The number of β-lactam (4-membered cyclic amide) rings is 1. The van der Waals surface area contributed by atoms with E-state index in [1.165, 1.54) is 42.3 Å². The van der Waals surface area contributed by atoms with Gasteiger partial charge in [-0.1, -0.05) is 5.16 Å². The molecule has 1 aromatic rings.